The van der Waals surface area contributed by atoms with Crippen LogP contribution in [0, 0.1) is 0 Å². The maximum absolute atomic E-state index is 11.7. The summed E-state index contributed by atoms with van der Waals surface area (Å²) < 4.78 is 10.0. The van der Waals surface area contributed by atoms with Gasteiger partial charge in [-0.2, -0.15) is 4.98 Å². The van der Waals surface area contributed by atoms with E-state index >= 15 is 0 Å². The summed E-state index contributed by atoms with van der Waals surface area (Å²) in [5, 5.41) is 7.30. The van der Waals surface area contributed by atoms with E-state index in [0.717, 1.165) is 5.56 Å². The van der Waals surface area contributed by atoms with Crippen LogP contribution in [0.4, 0.5) is 0 Å². The normalized spacial score (nSPS) is 10.6. The van der Waals surface area contributed by atoms with Crippen molar-refractivity contribution in [2.75, 3.05) is 6.54 Å². The predicted octanol–water partition coefficient (Wildman–Crippen LogP) is 2.96. The van der Waals surface area contributed by atoms with Crippen LogP contribution < -0.4 is 5.32 Å². The van der Waals surface area contributed by atoms with Gasteiger partial charge in [0, 0.05) is 23.6 Å². The maximum Gasteiger partial charge on any atom is 0.254 e. The Morgan fingerprint density at radius 2 is 2.05 bits per heavy atom. The molecule has 1 aromatic carbocycles. The first-order valence-corrected chi connectivity index (χ1v) is 6.99. The SMILES string of the molecule is O=C(NCCc1nc(-c2ccc(Cl)cc2)no1)c1ccoc1. The molecule has 3 rings (SSSR count). The third-order valence-electron chi connectivity index (χ3n) is 2.98. The van der Waals surface area contributed by atoms with Crippen LogP contribution >= 0.6 is 11.6 Å². The number of aromatic nitrogens is 2. The quantitative estimate of drug-likeness (QED) is 0.782. The van der Waals surface area contributed by atoms with Crippen molar-refractivity contribution < 1.29 is 13.7 Å². The molecule has 3 aromatic rings. The van der Waals surface area contributed by atoms with E-state index in [9.17, 15) is 4.79 Å². The molecule has 2 aromatic heterocycles. The van der Waals surface area contributed by atoms with Gasteiger partial charge in [-0.1, -0.05) is 16.8 Å². The van der Waals surface area contributed by atoms with Crippen LogP contribution in [0.25, 0.3) is 11.4 Å². The molecule has 22 heavy (non-hydrogen) atoms. The standard InChI is InChI=1S/C15H12ClN3O3/c16-12-3-1-10(2-4-12)14-18-13(22-19-14)5-7-17-15(20)11-6-8-21-9-11/h1-4,6,8-9H,5,7H2,(H,17,20). The third-order valence-corrected chi connectivity index (χ3v) is 3.23. The number of benzene rings is 1. The van der Waals surface area contributed by atoms with E-state index in [2.05, 4.69) is 15.5 Å². The van der Waals surface area contributed by atoms with Gasteiger partial charge in [0.15, 0.2) is 0 Å². The summed E-state index contributed by atoms with van der Waals surface area (Å²) in [6.07, 6.45) is 3.29. The van der Waals surface area contributed by atoms with E-state index < -0.39 is 0 Å². The lowest BCUT2D eigenvalue weighted by Crippen LogP contribution is -2.25. The molecule has 0 aliphatic carbocycles. The fourth-order valence-corrected chi connectivity index (χ4v) is 1.98. The number of carbonyl (C=O) groups excluding carboxylic acids is 1. The van der Waals surface area contributed by atoms with Gasteiger partial charge in [0.05, 0.1) is 11.8 Å². The highest BCUT2D eigenvalue weighted by molar-refractivity contribution is 6.30. The Balaban J connectivity index is 1.56. The minimum absolute atomic E-state index is 0.203. The highest BCUT2D eigenvalue weighted by Gasteiger charge is 2.10. The molecule has 0 aliphatic rings. The monoisotopic (exact) mass is 317 g/mol. The Morgan fingerprint density at radius 3 is 2.77 bits per heavy atom. The molecule has 0 aliphatic heterocycles. The van der Waals surface area contributed by atoms with Crippen LogP contribution in [-0.4, -0.2) is 22.6 Å². The summed E-state index contributed by atoms with van der Waals surface area (Å²) in [6.45, 7) is 0.395. The van der Waals surface area contributed by atoms with Crippen molar-refractivity contribution in [1.82, 2.24) is 15.5 Å². The molecule has 0 bridgehead atoms. The fourth-order valence-electron chi connectivity index (χ4n) is 1.85. The molecule has 1 N–H and O–H groups in total. The van der Waals surface area contributed by atoms with E-state index in [1.807, 2.05) is 12.1 Å². The van der Waals surface area contributed by atoms with Crippen molar-refractivity contribution in [1.29, 1.82) is 0 Å². The fraction of sp³-hybridized carbons (Fsp3) is 0.133. The summed E-state index contributed by atoms with van der Waals surface area (Å²) in [7, 11) is 0. The summed E-state index contributed by atoms with van der Waals surface area (Å²) in [4.78, 5) is 16.0. The Kier molecular flexibility index (Phi) is 4.20. The molecule has 112 valence electrons. The predicted molar refractivity (Wildman–Crippen MR) is 79.5 cm³/mol. The van der Waals surface area contributed by atoms with Crippen LogP contribution in [0.5, 0.6) is 0 Å². The molecule has 0 radical (unpaired) electrons. The molecule has 2 heterocycles. The van der Waals surface area contributed by atoms with E-state index in [0.29, 0.717) is 35.3 Å². The first-order chi connectivity index (χ1) is 10.7. The number of rotatable bonds is 5. The van der Waals surface area contributed by atoms with E-state index in [1.54, 1.807) is 18.2 Å². The molecule has 0 saturated heterocycles. The molecular weight excluding hydrogens is 306 g/mol. The van der Waals surface area contributed by atoms with Crippen molar-refractivity contribution in [3.05, 3.63) is 59.3 Å². The van der Waals surface area contributed by atoms with Gasteiger partial charge < -0.3 is 14.3 Å². The lowest BCUT2D eigenvalue weighted by atomic mass is 10.2. The highest BCUT2D eigenvalue weighted by Crippen LogP contribution is 2.18. The molecule has 7 heteroatoms. The van der Waals surface area contributed by atoms with Gasteiger partial charge in [0.25, 0.3) is 5.91 Å². The number of amides is 1. The van der Waals surface area contributed by atoms with Crippen molar-refractivity contribution in [2.45, 2.75) is 6.42 Å². The number of halogens is 1. The summed E-state index contributed by atoms with van der Waals surface area (Å²) in [5.74, 6) is 0.747. The van der Waals surface area contributed by atoms with Crippen molar-refractivity contribution in [2.24, 2.45) is 0 Å². The minimum atomic E-state index is -0.203. The smallest absolute Gasteiger partial charge is 0.254 e. The maximum atomic E-state index is 11.7. The topological polar surface area (TPSA) is 81.2 Å². The molecule has 0 atom stereocenters. The second-order valence-corrected chi connectivity index (χ2v) is 4.97. The zero-order valence-electron chi connectivity index (χ0n) is 11.5. The third kappa shape index (κ3) is 3.35. The Labute approximate surface area is 131 Å². The molecule has 0 fully saturated rings. The minimum Gasteiger partial charge on any atom is -0.472 e. The van der Waals surface area contributed by atoms with E-state index in [4.69, 9.17) is 20.5 Å². The molecule has 6 nitrogen and oxygen atoms in total. The number of nitrogens with zero attached hydrogens (tertiary/aromatic N) is 2. The van der Waals surface area contributed by atoms with Gasteiger partial charge in [0.2, 0.25) is 11.7 Å². The molecule has 1 amide bonds. The number of furan rings is 1. The van der Waals surface area contributed by atoms with Crippen molar-refractivity contribution in [3.8, 4) is 11.4 Å². The van der Waals surface area contributed by atoms with Gasteiger partial charge in [-0.05, 0) is 30.3 Å². The largest absolute Gasteiger partial charge is 0.472 e. The van der Waals surface area contributed by atoms with E-state index in [-0.39, 0.29) is 5.91 Å². The van der Waals surface area contributed by atoms with Gasteiger partial charge in [-0.3, -0.25) is 4.79 Å². The Morgan fingerprint density at radius 1 is 1.23 bits per heavy atom. The van der Waals surface area contributed by atoms with Crippen molar-refractivity contribution in [3.63, 3.8) is 0 Å². The Bertz CT molecular complexity index is 751. The zero-order valence-corrected chi connectivity index (χ0v) is 12.2. The lowest BCUT2D eigenvalue weighted by Gasteiger charge is -1.99. The van der Waals surface area contributed by atoms with Crippen LogP contribution in [0.1, 0.15) is 16.2 Å². The average molecular weight is 318 g/mol. The van der Waals surface area contributed by atoms with Crippen LogP contribution in [0.3, 0.4) is 0 Å². The summed E-state index contributed by atoms with van der Waals surface area (Å²) in [5.41, 5.74) is 1.30. The Hall–Kier alpha value is -2.60. The van der Waals surface area contributed by atoms with Crippen molar-refractivity contribution >= 4 is 17.5 Å². The number of nitrogens with one attached hydrogen (secondary N) is 1. The summed E-state index contributed by atoms with van der Waals surface area (Å²) >= 11 is 5.83. The number of carbonyl (C=O) groups is 1. The van der Waals surface area contributed by atoms with Crippen LogP contribution in [0.2, 0.25) is 5.02 Å². The first-order valence-electron chi connectivity index (χ1n) is 6.61. The van der Waals surface area contributed by atoms with Crippen LogP contribution in [-0.2, 0) is 6.42 Å². The highest BCUT2D eigenvalue weighted by atomic mass is 35.5. The van der Waals surface area contributed by atoms with Gasteiger partial charge in [-0.25, -0.2) is 0 Å². The second kappa shape index (κ2) is 6.44. The first kappa shape index (κ1) is 14.3. The molecular formula is C15H12ClN3O3. The zero-order chi connectivity index (χ0) is 15.4. The number of hydrogen-bond acceptors (Lipinski definition) is 5. The molecule has 0 saturated carbocycles. The summed E-state index contributed by atoms with van der Waals surface area (Å²) in [6, 6.07) is 8.76. The van der Waals surface area contributed by atoms with Crippen LogP contribution in [0.15, 0.2) is 51.8 Å². The van der Waals surface area contributed by atoms with Gasteiger partial charge in [-0.15, -0.1) is 0 Å². The second-order valence-electron chi connectivity index (χ2n) is 4.54. The van der Waals surface area contributed by atoms with Gasteiger partial charge in [0.1, 0.15) is 6.26 Å². The number of hydrogen-bond donors (Lipinski definition) is 1. The van der Waals surface area contributed by atoms with E-state index in [1.165, 1.54) is 12.5 Å². The lowest BCUT2D eigenvalue weighted by molar-refractivity contribution is 0.0953. The van der Waals surface area contributed by atoms with Gasteiger partial charge >= 0.3 is 0 Å². The molecule has 0 unspecified atom stereocenters. The molecule has 0 spiro atoms. The average Bonchev–Trinajstić information content (AvgIpc) is 3.19.